The second-order valence-electron chi connectivity index (χ2n) is 6.68. The van der Waals surface area contributed by atoms with Gasteiger partial charge in [-0.3, -0.25) is 19.2 Å². The van der Waals surface area contributed by atoms with Crippen LogP contribution >= 0.6 is 11.6 Å². The van der Waals surface area contributed by atoms with E-state index in [2.05, 4.69) is 14.9 Å². The number of hydrogen-bond acceptors (Lipinski definition) is 5. The van der Waals surface area contributed by atoms with E-state index >= 15 is 0 Å². The van der Waals surface area contributed by atoms with Gasteiger partial charge in [0.15, 0.2) is 0 Å². The molecular formula is C16H25ClN6O2. The number of carbonyl (C=O) groups is 2. The first-order valence-electron chi connectivity index (χ1n) is 8.64. The van der Waals surface area contributed by atoms with Crippen LogP contribution in [0.25, 0.3) is 0 Å². The highest BCUT2D eigenvalue weighted by Crippen LogP contribution is 2.29. The molecule has 2 N–H and O–H groups in total. The summed E-state index contributed by atoms with van der Waals surface area (Å²) in [5.74, 6) is -0.255. The third-order valence-electron chi connectivity index (χ3n) is 4.99. The summed E-state index contributed by atoms with van der Waals surface area (Å²) in [4.78, 5) is 29.5. The second kappa shape index (κ2) is 7.61. The number of rotatable bonds is 5. The van der Waals surface area contributed by atoms with Crippen molar-refractivity contribution in [2.75, 3.05) is 43.5 Å². The number of nitrogens with zero attached hydrogens (tertiary/aromatic N) is 5. The third kappa shape index (κ3) is 3.90. The molecule has 2 aliphatic heterocycles. The third-order valence-corrected chi connectivity index (χ3v) is 5.22. The number of halogens is 1. The largest absolute Gasteiger partial charge is 0.368 e. The van der Waals surface area contributed by atoms with E-state index in [4.69, 9.17) is 17.3 Å². The molecule has 0 bridgehead atoms. The molecule has 0 spiro atoms. The SMILES string of the molecule is Cn1cc(N2CCCC2C(N)=O)c(CN2CCN(C(=O)CCl)CC2)n1. The lowest BCUT2D eigenvalue weighted by Gasteiger charge is -2.34. The zero-order valence-electron chi connectivity index (χ0n) is 14.5. The zero-order valence-corrected chi connectivity index (χ0v) is 15.3. The highest BCUT2D eigenvalue weighted by atomic mass is 35.5. The van der Waals surface area contributed by atoms with Gasteiger partial charge in [-0.1, -0.05) is 0 Å². The van der Waals surface area contributed by atoms with Crippen LogP contribution in [0.3, 0.4) is 0 Å². The predicted molar refractivity (Wildman–Crippen MR) is 95.3 cm³/mol. The van der Waals surface area contributed by atoms with E-state index in [-0.39, 0.29) is 23.7 Å². The minimum Gasteiger partial charge on any atom is -0.368 e. The van der Waals surface area contributed by atoms with E-state index in [0.717, 1.165) is 43.9 Å². The van der Waals surface area contributed by atoms with Crippen molar-refractivity contribution >= 4 is 29.1 Å². The number of hydrogen-bond donors (Lipinski definition) is 1. The molecule has 3 rings (SSSR count). The lowest BCUT2D eigenvalue weighted by Crippen LogP contribution is -2.49. The molecule has 1 aromatic rings. The van der Waals surface area contributed by atoms with Crippen molar-refractivity contribution in [1.82, 2.24) is 19.6 Å². The van der Waals surface area contributed by atoms with Crippen molar-refractivity contribution in [3.05, 3.63) is 11.9 Å². The number of amides is 2. The second-order valence-corrected chi connectivity index (χ2v) is 6.95. The molecule has 1 unspecified atom stereocenters. The maximum Gasteiger partial charge on any atom is 0.240 e. The Morgan fingerprint density at radius 3 is 2.64 bits per heavy atom. The van der Waals surface area contributed by atoms with Crippen molar-refractivity contribution in [3.8, 4) is 0 Å². The molecule has 2 fully saturated rings. The topological polar surface area (TPSA) is 87.7 Å². The van der Waals surface area contributed by atoms with Crippen molar-refractivity contribution in [2.24, 2.45) is 12.8 Å². The normalized spacial score (nSPS) is 21.8. The Labute approximate surface area is 152 Å². The summed E-state index contributed by atoms with van der Waals surface area (Å²) in [5, 5.41) is 4.59. The molecule has 2 saturated heterocycles. The van der Waals surface area contributed by atoms with Crippen molar-refractivity contribution in [3.63, 3.8) is 0 Å². The van der Waals surface area contributed by atoms with Gasteiger partial charge in [-0.15, -0.1) is 11.6 Å². The first-order valence-corrected chi connectivity index (χ1v) is 9.17. The Bertz CT molecular complexity index is 641. The van der Waals surface area contributed by atoms with Crippen LogP contribution in [0.1, 0.15) is 18.5 Å². The van der Waals surface area contributed by atoms with Crippen LogP contribution in [0.15, 0.2) is 6.20 Å². The molecule has 0 aromatic carbocycles. The van der Waals surface area contributed by atoms with Crippen LogP contribution in [-0.4, -0.2) is 76.0 Å². The molecule has 0 radical (unpaired) electrons. The summed E-state index contributed by atoms with van der Waals surface area (Å²) in [6.07, 6.45) is 3.72. The molecule has 1 atom stereocenters. The quantitative estimate of drug-likeness (QED) is 0.724. The molecule has 3 heterocycles. The van der Waals surface area contributed by atoms with Gasteiger partial charge in [-0.2, -0.15) is 5.10 Å². The smallest absolute Gasteiger partial charge is 0.240 e. The van der Waals surface area contributed by atoms with E-state index in [1.807, 2.05) is 13.2 Å². The molecule has 138 valence electrons. The van der Waals surface area contributed by atoms with Gasteiger partial charge < -0.3 is 15.5 Å². The molecule has 2 aliphatic rings. The molecule has 2 amide bonds. The van der Waals surface area contributed by atoms with E-state index < -0.39 is 0 Å². The van der Waals surface area contributed by atoms with Crippen LogP contribution in [0.5, 0.6) is 0 Å². The average Bonchev–Trinajstić information content (AvgIpc) is 3.21. The number of aromatic nitrogens is 2. The highest BCUT2D eigenvalue weighted by molar-refractivity contribution is 6.27. The minimum absolute atomic E-state index is 0.0128. The maximum absolute atomic E-state index is 11.7. The molecule has 8 nitrogen and oxygen atoms in total. The van der Waals surface area contributed by atoms with Crippen molar-refractivity contribution in [1.29, 1.82) is 0 Å². The van der Waals surface area contributed by atoms with Crippen LogP contribution in [0, 0.1) is 0 Å². The number of alkyl halides is 1. The summed E-state index contributed by atoms with van der Waals surface area (Å²) in [5.41, 5.74) is 7.50. The van der Waals surface area contributed by atoms with Gasteiger partial charge in [-0.05, 0) is 12.8 Å². The fraction of sp³-hybridized carbons (Fsp3) is 0.688. The van der Waals surface area contributed by atoms with E-state index in [9.17, 15) is 9.59 Å². The van der Waals surface area contributed by atoms with E-state index in [1.165, 1.54) is 0 Å². The van der Waals surface area contributed by atoms with Gasteiger partial charge in [0.1, 0.15) is 11.9 Å². The fourth-order valence-corrected chi connectivity index (χ4v) is 3.85. The molecule has 25 heavy (non-hydrogen) atoms. The van der Waals surface area contributed by atoms with Crippen LogP contribution in [0.2, 0.25) is 0 Å². The fourth-order valence-electron chi connectivity index (χ4n) is 3.68. The zero-order chi connectivity index (χ0) is 18.0. The van der Waals surface area contributed by atoms with E-state index in [0.29, 0.717) is 19.6 Å². The van der Waals surface area contributed by atoms with Crippen LogP contribution in [-0.2, 0) is 23.2 Å². The number of nitrogens with two attached hydrogens (primary N) is 1. The van der Waals surface area contributed by atoms with Crippen molar-refractivity contribution < 1.29 is 9.59 Å². The Balaban J connectivity index is 1.68. The van der Waals surface area contributed by atoms with Gasteiger partial charge in [0, 0.05) is 52.5 Å². The molecule has 9 heteroatoms. The predicted octanol–water partition coefficient (Wildman–Crippen LogP) is -0.243. The number of primary amides is 1. The Hall–Kier alpha value is -1.80. The molecular weight excluding hydrogens is 344 g/mol. The first-order chi connectivity index (χ1) is 12.0. The summed E-state index contributed by atoms with van der Waals surface area (Å²) in [6.45, 7) is 4.46. The number of piperazine rings is 1. The van der Waals surface area contributed by atoms with Crippen LogP contribution < -0.4 is 10.6 Å². The van der Waals surface area contributed by atoms with Gasteiger partial charge in [0.2, 0.25) is 11.8 Å². The monoisotopic (exact) mass is 368 g/mol. The maximum atomic E-state index is 11.7. The van der Waals surface area contributed by atoms with Gasteiger partial charge in [0.25, 0.3) is 0 Å². The first kappa shape index (κ1) is 18.0. The molecule has 0 saturated carbocycles. The summed E-state index contributed by atoms with van der Waals surface area (Å²) >= 11 is 5.63. The van der Waals surface area contributed by atoms with Crippen LogP contribution in [0.4, 0.5) is 5.69 Å². The lowest BCUT2D eigenvalue weighted by atomic mass is 10.2. The summed E-state index contributed by atoms with van der Waals surface area (Å²) in [7, 11) is 1.89. The average molecular weight is 369 g/mol. The van der Waals surface area contributed by atoms with Gasteiger partial charge >= 0.3 is 0 Å². The Morgan fingerprint density at radius 1 is 1.28 bits per heavy atom. The highest BCUT2D eigenvalue weighted by Gasteiger charge is 2.32. The number of anilines is 1. The number of carbonyl (C=O) groups excluding carboxylic acids is 2. The Kier molecular flexibility index (Phi) is 5.48. The minimum atomic E-state index is -0.277. The summed E-state index contributed by atoms with van der Waals surface area (Å²) < 4.78 is 1.79. The number of aryl methyl sites for hydroxylation is 1. The van der Waals surface area contributed by atoms with E-state index in [1.54, 1.807) is 9.58 Å². The standard InChI is InChI=1S/C16H25ClN6O2/c1-20-11-14(23-4-2-3-13(23)16(18)25)12(19-20)10-21-5-7-22(8-6-21)15(24)9-17/h11,13H,2-10H2,1H3,(H2,18,25). The lowest BCUT2D eigenvalue weighted by molar-refractivity contribution is -0.130. The van der Waals surface area contributed by atoms with Crippen molar-refractivity contribution in [2.45, 2.75) is 25.4 Å². The van der Waals surface area contributed by atoms with Gasteiger partial charge in [0.05, 0.1) is 11.4 Å². The summed E-state index contributed by atoms with van der Waals surface area (Å²) in [6, 6.07) is -0.249. The van der Waals surface area contributed by atoms with Gasteiger partial charge in [-0.25, -0.2) is 0 Å². The Morgan fingerprint density at radius 2 is 2.00 bits per heavy atom. The molecule has 0 aliphatic carbocycles. The molecule has 1 aromatic heterocycles.